The molecule has 23 heavy (non-hydrogen) atoms. The van der Waals surface area contributed by atoms with Gasteiger partial charge in [-0.05, 0) is 62.4 Å². The van der Waals surface area contributed by atoms with Crippen molar-refractivity contribution in [3.05, 3.63) is 48.5 Å². The zero-order valence-electron chi connectivity index (χ0n) is 13.3. The van der Waals surface area contributed by atoms with Gasteiger partial charge in [0.25, 0.3) is 0 Å². The van der Waals surface area contributed by atoms with Crippen LogP contribution >= 0.6 is 11.8 Å². The lowest BCUT2D eigenvalue weighted by Gasteiger charge is -2.10. The summed E-state index contributed by atoms with van der Waals surface area (Å²) >= 11 is 1.64. The molecule has 2 N–H and O–H groups in total. The Morgan fingerprint density at radius 2 is 1.09 bits per heavy atom. The number of aliphatic hydroxyl groups is 2. The number of ether oxygens (including phenoxy) is 2. The highest BCUT2D eigenvalue weighted by Gasteiger charge is 2.02. The predicted molar refractivity (Wildman–Crippen MR) is 91.4 cm³/mol. The maximum absolute atomic E-state index is 9.20. The molecule has 0 saturated heterocycles. The predicted octanol–water partition coefficient (Wildman–Crippen LogP) is 3.36. The standard InChI is InChI=1S/C18H22O4S/c1-13(19)11-21-15-3-7-17(8-4-15)23-18-9-5-16(6-10-18)22-12-14(2)20/h3-10,13-14,19-20H,11-12H2,1-2H3. The van der Waals surface area contributed by atoms with E-state index >= 15 is 0 Å². The van der Waals surface area contributed by atoms with Gasteiger partial charge in [-0.2, -0.15) is 0 Å². The fourth-order valence-corrected chi connectivity index (χ4v) is 2.59. The molecule has 2 aromatic carbocycles. The third kappa shape index (κ3) is 6.52. The van der Waals surface area contributed by atoms with E-state index in [0.717, 1.165) is 21.3 Å². The summed E-state index contributed by atoms with van der Waals surface area (Å²) in [5.41, 5.74) is 0. The first-order valence-corrected chi connectivity index (χ1v) is 8.34. The molecule has 2 aromatic rings. The monoisotopic (exact) mass is 334 g/mol. The molecule has 0 aliphatic heterocycles. The summed E-state index contributed by atoms with van der Waals surface area (Å²) in [6.07, 6.45) is -0.947. The van der Waals surface area contributed by atoms with Crippen LogP contribution in [0.15, 0.2) is 58.3 Å². The summed E-state index contributed by atoms with van der Waals surface area (Å²) in [4.78, 5) is 2.21. The minimum atomic E-state index is -0.474. The van der Waals surface area contributed by atoms with E-state index in [1.165, 1.54) is 0 Å². The first-order chi connectivity index (χ1) is 11.0. The Kier molecular flexibility index (Phi) is 6.77. The number of rotatable bonds is 8. The molecule has 2 atom stereocenters. The van der Waals surface area contributed by atoms with Crippen molar-refractivity contribution in [2.75, 3.05) is 13.2 Å². The van der Waals surface area contributed by atoms with Crippen molar-refractivity contribution in [3.63, 3.8) is 0 Å². The normalized spacial score (nSPS) is 13.4. The zero-order valence-corrected chi connectivity index (χ0v) is 14.1. The molecular formula is C18H22O4S. The summed E-state index contributed by atoms with van der Waals surface area (Å²) in [5.74, 6) is 1.49. The van der Waals surface area contributed by atoms with E-state index in [2.05, 4.69) is 0 Å². The van der Waals surface area contributed by atoms with Gasteiger partial charge in [-0.1, -0.05) is 11.8 Å². The van der Waals surface area contributed by atoms with Crippen molar-refractivity contribution in [2.24, 2.45) is 0 Å². The Balaban J connectivity index is 1.88. The molecule has 0 amide bonds. The molecule has 0 spiro atoms. The van der Waals surface area contributed by atoms with Gasteiger partial charge >= 0.3 is 0 Å². The van der Waals surface area contributed by atoms with Gasteiger partial charge in [0, 0.05) is 9.79 Å². The van der Waals surface area contributed by atoms with Gasteiger partial charge < -0.3 is 19.7 Å². The topological polar surface area (TPSA) is 58.9 Å². The van der Waals surface area contributed by atoms with Gasteiger partial charge in [-0.25, -0.2) is 0 Å². The number of benzene rings is 2. The molecule has 4 nitrogen and oxygen atoms in total. The summed E-state index contributed by atoms with van der Waals surface area (Å²) in [6, 6.07) is 15.5. The highest BCUT2D eigenvalue weighted by atomic mass is 32.2. The molecule has 2 unspecified atom stereocenters. The van der Waals surface area contributed by atoms with E-state index in [9.17, 15) is 10.2 Å². The van der Waals surface area contributed by atoms with Crippen LogP contribution in [-0.2, 0) is 0 Å². The minimum Gasteiger partial charge on any atom is -0.491 e. The van der Waals surface area contributed by atoms with Gasteiger partial charge in [0.05, 0.1) is 12.2 Å². The van der Waals surface area contributed by atoms with Gasteiger partial charge in [-0.3, -0.25) is 0 Å². The Morgan fingerprint density at radius 1 is 0.739 bits per heavy atom. The highest BCUT2D eigenvalue weighted by molar-refractivity contribution is 7.99. The van der Waals surface area contributed by atoms with E-state index in [0.29, 0.717) is 13.2 Å². The number of hydrogen-bond acceptors (Lipinski definition) is 5. The van der Waals surface area contributed by atoms with Crippen LogP contribution in [0.25, 0.3) is 0 Å². The van der Waals surface area contributed by atoms with Gasteiger partial charge in [-0.15, -0.1) is 0 Å². The first kappa shape index (κ1) is 17.7. The molecule has 0 aliphatic carbocycles. The van der Waals surface area contributed by atoms with Crippen LogP contribution in [0.1, 0.15) is 13.8 Å². The van der Waals surface area contributed by atoms with E-state index in [1.54, 1.807) is 25.6 Å². The van der Waals surface area contributed by atoms with Crippen LogP contribution in [-0.4, -0.2) is 35.6 Å². The minimum absolute atomic E-state index is 0.292. The molecule has 124 valence electrons. The Morgan fingerprint density at radius 3 is 1.39 bits per heavy atom. The third-order valence-electron chi connectivity index (χ3n) is 2.87. The molecule has 0 radical (unpaired) electrons. The molecule has 0 bridgehead atoms. The van der Waals surface area contributed by atoms with Crippen LogP contribution < -0.4 is 9.47 Å². The van der Waals surface area contributed by atoms with Crippen molar-refractivity contribution >= 4 is 11.8 Å². The van der Waals surface area contributed by atoms with Crippen molar-refractivity contribution in [2.45, 2.75) is 35.8 Å². The van der Waals surface area contributed by atoms with E-state index < -0.39 is 12.2 Å². The second-order valence-corrected chi connectivity index (χ2v) is 6.51. The summed E-state index contributed by atoms with van der Waals surface area (Å²) in [5, 5.41) is 18.4. The summed E-state index contributed by atoms with van der Waals surface area (Å²) in [7, 11) is 0. The quantitative estimate of drug-likeness (QED) is 0.775. The second-order valence-electron chi connectivity index (χ2n) is 5.36. The van der Waals surface area contributed by atoms with E-state index in [4.69, 9.17) is 9.47 Å². The van der Waals surface area contributed by atoms with Crippen molar-refractivity contribution in [1.29, 1.82) is 0 Å². The lowest BCUT2D eigenvalue weighted by Crippen LogP contribution is -2.12. The second kappa shape index (κ2) is 8.82. The van der Waals surface area contributed by atoms with E-state index in [-0.39, 0.29) is 0 Å². The maximum atomic E-state index is 9.20. The van der Waals surface area contributed by atoms with Crippen LogP contribution in [0.3, 0.4) is 0 Å². The average molecular weight is 334 g/mol. The van der Waals surface area contributed by atoms with Gasteiger partial charge in [0.2, 0.25) is 0 Å². The van der Waals surface area contributed by atoms with Crippen LogP contribution in [0.5, 0.6) is 11.5 Å². The fourth-order valence-electron chi connectivity index (χ4n) is 1.78. The number of aliphatic hydroxyl groups excluding tert-OH is 2. The van der Waals surface area contributed by atoms with Crippen molar-refractivity contribution in [1.82, 2.24) is 0 Å². The Hall–Kier alpha value is -1.69. The van der Waals surface area contributed by atoms with Crippen molar-refractivity contribution in [3.8, 4) is 11.5 Å². The number of hydrogen-bond donors (Lipinski definition) is 2. The molecular weight excluding hydrogens is 312 g/mol. The smallest absolute Gasteiger partial charge is 0.119 e. The Bertz CT molecular complexity index is 525. The maximum Gasteiger partial charge on any atom is 0.119 e. The SMILES string of the molecule is CC(O)COc1ccc(Sc2ccc(OCC(C)O)cc2)cc1. The first-order valence-electron chi connectivity index (χ1n) is 7.52. The lowest BCUT2D eigenvalue weighted by atomic mass is 10.3. The molecule has 2 rings (SSSR count). The highest BCUT2D eigenvalue weighted by Crippen LogP contribution is 2.30. The average Bonchev–Trinajstić information content (AvgIpc) is 2.53. The van der Waals surface area contributed by atoms with Gasteiger partial charge in [0.1, 0.15) is 24.7 Å². The van der Waals surface area contributed by atoms with Crippen LogP contribution in [0.4, 0.5) is 0 Å². The van der Waals surface area contributed by atoms with E-state index in [1.807, 2.05) is 48.5 Å². The van der Waals surface area contributed by atoms with Crippen molar-refractivity contribution < 1.29 is 19.7 Å². The largest absolute Gasteiger partial charge is 0.491 e. The Labute approximate surface area is 141 Å². The molecule has 0 fully saturated rings. The van der Waals surface area contributed by atoms with Crippen LogP contribution in [0.2, 0.25) is 0 Å². The third-order valence-corrected chi connectivity index (χ3v) is 3.88. The lowest BCUT2D eigenvalue weighted by molar-refractivity contribution is 0.122. The fraction of sp³-hybridized carbons (Fsp3) is 0.333. The summed E-state index contributed by atoms with van der Waals surface area (Å²) in [6.45, 7) is 3.97. The molecule has 0 aliphatic rings. The molecule has 0 saturated carbocycles. The zero-order chi connectivity index (χ0) is 16.7. The summed E-state index contributed by atoms with van der Waals surface area (Å²) < 4.78 is 10.9. The molecule has 5 heteroatoms. The van der Waals surface area contributed by atoms with Gasteiger partial charge in [0.15, 0.2) is 0 Å². The van der Waals surface area contributed by atoms with Crippen LogP contribution in [0, 0.1) is 0 Å². The molecule has 0 aromatic heterocycles. The molecule has 0 heterocycles.